The number of nitrogens with two attached hydrogens (primary N) is 1. The third kappa shape index (κ3) is 3.15. The van der Waals surface area contributed by atoms with E-state index < -0.39 is 0 Å². The van der Waals surface area contributed by atoms with Crippen molar-refractivity contribution in [1.29, 1.82) is 0 Å². The molecule has 3 atom stereocenters. The molecule has 0 aliphatic carbocycles. The van der Waals surface area contributed by atoms with Gasteiger partial charge in [0.25, 0.3) is 0 Å². The fraction of sp³-hybridized carbons (Fsp3) is 0.647. The van der Waals surface area contributed by atoms with Crippen molar-refractivity contribution < 1.29 is 5.11 Å². The molecule has 0 bridgehead atoms. The van der Waals surface area contributed by atoms with E-state index in [9.17, 15) is 5.11 Å². The van der Waals surface area contributed by atoms with Gasteiger partial charge in [-0.2, -0.15) is 0 Å². The highest BCUT2D eigenvalue weighted by Gasteiger charge is 2.32. The fourth-order valence-corrected chi connectivity index (χ4v) is 3.57. The summed E-state index contributed by atoms with van der Waals surface area (Å²) in [6, 6.07) is 8.45. The standard InChI is InChI=1S/C17H28N2O/c1-3-13-9-10-19(14(11-13)12-18)16(4-2)15-7-5-6-8-17(15)20/h5-8,13-14,16,20H,3-4,9-12,18H2,1-2H3. The van der Waals surface area contributed by atoms with Crippen LogP contribution in [-0.2, 0) is 0 Å². The number of piperidine rings is 1. The number of phenols is 1. The van der Waals surface area contributed by atoms with Crippen LogP contribution in [0.25, 0.3) is 0 Å². The SMILES string of the molecule is CCC1CCN(C(CC)c2ccccc2O)C(CN)C1. The van der Waals surface area contributed by atoms with Gasteiger partial charge in [-0.25, -0.2) is 0 Å². The number of rotatable bonds is 5. The smallest absolute Gasteiger partial charge is 0.120 e. The Morgan fingerprint density at radius 2 is 2.10 bits per heavy atom. The molecule has 0 spiro atoms. The van der Waals surface area contributed by atoms with Crippen LogP contribution in [0.15, 0.2) is 24.3 Å². The Hall–Kier alpha value is -1.06. The zero-order chi connectivity index (χ0) is 14.5. The van der Waals surface area contributed by atoms with Gasteiger partial charge in [-0.15, -0.1) is 0 Å². The van der Waals surface area contributed by atoms with Crippen molar-refractivity contribution in [3.8, 4) is 5.75 Å². The number of likely N-dealkylation sites (tertiary alicyclic amines) is 1. The molecular formula is C17H28N2O. The molecule has 2 rings (SSSR count). The van der Waals surface area contributed by atoms with E-state index in [1.165, 1.54) is 19.3 Å². The highest BCUT2D eigenvalue weighted by molar-refractivity contribution is 5.34. The molecule has 112 valence electrons. The second-order valence-corrected chi connectivity index (χ2v) is 5.91. The predicted octanol–water partition coefficient (Wildman–Crippen LogP) is 3.29. The van der Waals surface area contributed by atoms with E-state index in [-0.39, 0.29) is 6.04 Å². The van der Waals surface area contributed by atoms with Gasteiger partial charge in [-0.1, -0.05) is 38.5 Å². The number of nitrogens with zero attached hydrogens (tertiary/aromatic N) is 1. The van der Waals surface area contributed by atoms with Crippen LogP contribution in [0.5, 0.6) is 5.75 Å². The van der Waals surface area contributed by atoms with Crippen molar-refractivity contribution in [3.05, 3.63) is 29.8 Å². The Balaban J connectivity index is 2.20. The highest BCUT2D eigenvalue weighted by Crippen LogP contribution is 2.36. The summed E-state index contributed by atoms with van der Waals surface area (Å²) in [5.74, 6) is 1.22. The molecular weight excluding hydrogens is 248 g/mol. The zero-order valence-electron chi connectivity index (χ0n) is 12.8. The van der Waals surface area contributed by atoms with Crippen molar-refractivity contribution in [3.63, 3.8) is 0 Å². The lowest BCUT2D eigenvalue weighted by molar-refractivity contribution is 0.0666. The molecule has 1 heterocycles. The monoisotopic (exact) mass is 276 g/mol. The summed E-state index contributed by atoms with van der Waals surface area (Å²) in [6.07, 6.45) is 4.69. The fourth-order valence-electron chi connectivity index (χ4n) is 3.57. The van der Waals surface area contributed by atoms with Gasteiger partial charge >= 0.3 is 0 Å². The molecule has 1 aliphatic rings. The Morgan fingerprint density at radius 3 is 2.70 bits per heavy atom. The summed E-state index contributed by atoms with van der Waals surface area (Å²) in [6.45, 7) is 6.26. The lowest BCUT2D eigenvalue weighted by Crippen LogP contribution is -2.48. The number of hydrogen-bond acceptors (Lipinski definition) is 3. The molecule has 3 N–H and O–H groups in total. The number of hydrogen-bond donors (Lipinski definition) is 2. The maximum atomic E-state index is 10.1. The zero-order valence-corrected chi connectivity index (χ0v) is 12.8. The summed E-state index contributed by atoms with van der Waals surface area (Å²) in [5.41, 5.74) is 7.06. The number of phenolic OH excluding ortho intramolecular Hbond substituents is 1. The number of para-hydroxylation sites is 1. The third-order valence-electron chi connectivity index (χ3n) is 4.80. The van der Waals surface area contributed by atoms with Crippen molar-refractivity contribution in [2.75, 3.05) is 13.1 Å². The molecule has 0 aromatic heterocycles. The lowest BCUT2D eigenvalue weighted by Gasteiger charge is -2.43. The van der Waals surface area contributed by atoms with Crippen LogP contribution in [0.2, 0.25) is 0 Å². The van der Waals surface area contributed by atoms with E-state index >= 15 is 0 Å². The molecule has 1 aromatic rings. The van der Waals surface area contributed by atoms with Crippen molar-refractivity contribution in [2.24, 2.45) is 11.7 Å². The molecule has 0 radical (unpaired) electrons. The van der Waals surface area contributed by atoms with Gasteiger partial charge in [0.1, 0.15) is 5.75 Å². The van der Waals surface area contributed by atoms with Crippen LogP contribution in [0.4, 0.5) is 0 Å². The Morgan fingerprint density at radius 1 is 1.35 bits per heavy atom. The van der Waals surface area contributed by atoms with E-state index in [1.54, 1.807) is 6.07 Å². The van der Waals surface area contributed by atoms with E-state index in [2.05, 4.69) is 18.7 Å². The minimum absolute atomic E-state index is 0.280. The summed E-state index contributed by atoms with van der Waals surface area (Å²) >= 11 is 0. The van der Waals surface area contributed by atoms with Gasteiger partial charge in [-0.3, -0.25) is 4.90 Å². The van der Waals surface area contributed by atoms with E-state index in [0.717, 1.165) is 24.4 Å². The van der Waals surface area contributed by atoms with E-state index in [0.29, 0.717) is 18.3 Å². The lowest BCUT2D eigenvalue weighted by atomic mass is 9.86. The minimum atomic E-state index is 0.280. The average molecular weight is 276 g/mol. The Bertz CT molecular complexity index is 421. The van der Waals surface area contributed by atoms with Crippen molar-refractivity contribution >= 4 is 0 Å². The minimum Gasteiger partial charge on any atom is -0.508 e. The third-order valence-corrected chi connectivity index (χ3v) is 4.80. The summed E-state index contributed by atoms with van der Waals surface area (Å²) < 4.78 is 0. The normalized spacial score (nSPS) is 25.6. The number of aromatic hydroxyl groups is 1. The quantitative estimate of drug-likeness (QED) is 0.867. The van der Waals surface area contributed by atoms with Crippen LogP contribution in [0.3, 0.4) is 0 Å². The molecule has 0 saturated carbocycles. The van der Waals surface area contributed by atoms with Crippen LogP contribution in [-0.4, -0.2) is 29.1 Å². The average Bonchev–Trinajstić information content (AvgIpc) is 2.50. The van der Waals surface area contributed by atoms with Gasteiger partial charge in [0, 0.05) is 24.2 Å². The first kappa shape index (κ1) is 15.3. The van der Waals surface area contributed by atoms with Crippen LogP contribution >= 0.6 is 0 Å². The highest BCUT2D eigenvalue weighted by atomic mass is 16.3. The van der Waals surface area contributed by atoms with E-state index in [4.69, 9.17) is 5.73 Å². The largest absolute Gasteiger partial charge is 0.508 e. The first-order valence-corrected chi connectivity index (χ1v) is 7.94. The second kappa shape index (κ2) is 7.09. The van der Waals surface area contributed by atoms with Gasteiger partial charge in [-0.05, 0) is 37.8 Å². The first-order valence-electron chi connectivity index (χ1n) is 7.94. The topological polar surface area (TPSA) is 49.5 Å². The maximum Gasteiger partial charge on any atom is 0.120 e. The Labute approximate surface area is 122 Å². The molecule has 1 aliphatic heterocycles. The van der Waals surface area contributed by atoms with Gasteiger partial charge in [0.05, 0.1) is 0 Å². The molecule has 3 unspecified atom stereocenters. The molecule has 0 amide bonds. The van der Waals surface area contributed by atoms with E-state index in [1.807, 2.05) is 18.2 Å². The Kier molecular flexibility index (Phi) is 5.44. The predicted molar refractivity (Wildman–Crippen MR) is 83.7 cm³/mol. The van der Waals surface area contributed by atoms with Crippen LogP contribution in [0.1, 0.15) is 51.1 Å². The van der Waals surface area contributed by atoms with Crippen LogP contribution in [0, 0.1) is 5.92 Å². The van der Waals surface area contributed by atoms with Crippen molar-refractivity contribution in [2.45, 2.75) is 51.6 Å². The van der Waals surface area contributed by atoms with Gasteiger partial charge in [0.15, 0.2) is 0 Å². The molecule has 3 heteroatoms. The summed E-state index contributed by atoms with van der Waals surface area (Å²) in [5, 5.41) is 10.1. The summed E-state index contributed by atoms with van der Waals surface area (Å²) in [7, 11) is 0. The van der Waals surface area contributed by atoms with Crippen molar-refractivity contribution in [1.82, 2.24) is 4.90 Å². The second-order valence-electron chi connectivity index (χ2n) is 5.91. The first-order chi connectivity index (χ1) is 9.71. The number of benzene rings is 1. The molecule has 1 aromatic carbocycles. The van der Waals surface area contributed by atoms with Gasteiger partial charge < -0.3 is 10.8 Å². The molecule has 3 nitrogen and oxygen atoms in total. The maximum absolute atomic E-state index is 10.1. The van der Waals surface area contributed by atoms with Crippen LogP contribution < -0.4 is 5.73 Å². The molecule has 1 fully saturated rings. The molecule has 20 heavy (non-hydrogen) atoms. The molecule has 1 saturated heterocycles. The van der Waals surface area contributed by atoms with Gasteiger partial charge in [0.2, 0.25) is 0 Å². The summed E-state index contributed by atoms with van der Waals surface area (Å²) in [4.78, 5) is 2.52.